The Balaban J connectivity index is 0.772. The number of imide groups is 2. The van der Waals surface area contributed by atoms with E-state index in [4.69, 9.17) is 15.6 Å². The van der Waals surface area contributed by atoms with Crippen molar-refractivity contribution in [3.05, 3.63) is 90.3 Å². The summed E-state index contributed by atoms with van der Waals surface area (Å²) < 4.78 is 7.95. The van der Waals surface area contributed by atoms with E-state index in [9.17, 15) is 24.0 Å². The Morgan fingerprint density at radius 1 is 0.879 bits per heavy atom. The monoisotopic (exact) mass is 781 g/mol. The van der Waals surface area contributed by atoms with Crippen LogP contribution in [0.2, 0.25) is 0 Å². The van der Waals surface area contributed by atoms with Gasteiger partial charge in [0, 0.05) is 69.4 Å². The lowest BCUT2D eigenvalue weighted by Gasteiger charge is -2.36. The van der Waals surface area contributed by atoms with Crippen LogP contribution >= 0.6 is 0 Å². The number of piperidine rings is 1. The summed E-state index contributed by atoms with van der Waals surface area (Å²) in [5.41, 5.74) is 9.66. The van der Waals surface area contributed by atoms with Gasteiger partial charge >= 0.3 is 0 Å². The summed E-state index contributed by atoms with van der Waals surface area (Å²) in [6, 6.07) is 22.9. The molecule has 2 unspecified atom stereocenters. The molecule has 0 saturated carbocycles. The van der Waals surface area contributed by atoms with Gasteiger partial charge in [-0.25, -0.2) is 14.6 Å². The highest BCUT2D eigenvalue weighted by Crippen LogP contribution is 2.35. The number of fused-ring (bicyclic) bond motifs is 2. The van der Waals surface area contributed by atoms with Crippen molar-refractivity contribution < 1.29 is 28.7 Å². The quantitative estimate of drug-likeness (QED) is 0.197. The van der Waals surface area contributed by atoms with Gasteiger partial charge in [0.05, 0.1) is 22.6 Å². The predicted molar refractivity (Wildman–Crippen MR) is 212 cm³/mol. The number of hydrogen-bond donors (Lipinski definition) is 2. The molecule has 6 heterocycles. The molecule has 3 fully saturated rings. The van der Waals surface area contributed by atoms with Crippen LogP contribution in [0, 0.1) is 6.07 Å². The maximum atomic E-state index is 13.3. The smallest absolute Gasteiger partial charge is 0.263 e. The molecule has 4 aliphatic rings. The number of nitrogens with two attached hydrogens (primary N) is 1. The summed E-state index contributed by atoms with van der Waals surface area (Å²) in [7, 11) is 0. The highest BCUT2D eigenvalue weighted by molar-refractivity contribution is 6.23. The van der Waals surface area contributed by atoms with Gasteiger partial charge in [-0.05, 0) is 74.3 Å². The zero-order valence-corrected chi connectivity index (χ0v) is 31.7. The number of aromatic nitrogens is 4. The molecule has 0 spiro atoms. The lowest BCUT2D eigenvalue weighted by Crippen LogP contribution is -2.54. The third-order valence-electron chi connectivity index (χ3n) is 11.4. The van der Waals surface area contributed by atoms with Crippen molar-refractivity contribution in [1.82, 2.24) is 39.8 Å². The summed E-state index contributed by atoms with van der Waals surface area (Å²) in [6.07, 6.45) is 3.66. The number of benzene rings is 3. The van der Waals surface area contributed by atoms with Crippen LogP contribution in [0.1, 0.15) is 58.9 Å². The Kier molecular flexibility index (Phi) is 9.77. The van der Waals surface area contributed by atoms with Crippen LogP contribution in [-0.2, 0) is 14.4 Å². The molecule has 1 radical (unpaired) electrons. The van der Waals surface area contributed by atoms with Crippen molar-refractivity contribution in [2.75, 3.05) is 56.4 Å². The second kappa shape index (κ2) is 15.3. The fourth-order valence-corrected chi connectivity index (χ4v) is 8.35. The van der Waals surface area contributed by atoms with Gasteiger partial charge < -0.3 is 25.2 Å². The summed E-state index contributed by atoms with van der Waals surface area (Å²) in [4.78, 5) is 79.8. The molecule has 3 aromatic carbocycles. The summed E-state index contributed by atoms with van der Waals surface area (Å²) in [5, 5.41) is 7.97. The van der Waals surface area contributed by atoms with E-state index in [2.05, 4.69) is 26.3 Å². The molecule has 0 bridgehead atoms. The Hall–Kier alpha value is -6.68. The molecular weight excluding hydrogens is 741 g/mol. The largest absolute Gasteiger partial charge is 0.457 e. The molecule has 3 saturated heterocycles. The molecule has 4 aliphatic heterocycles. The highest BCUT2D eigenvalue weighted by Gasteiger charge is 2.45. The predicted octanol–water partition coefficient (Wildman–Crippen LogP) is 3.44. The molecule has 16 nitrogen and oxygen atoms in total. The van der Waals surface area contributed by atoms with E-state index in [1.165, 1.54) is 6.33 Å². The number of likely N-dealkylation sites (tertiary alicyclic amines) is 1. The van der Waals surface area contributed by atoms with Crippen LogP contribution < -0.4 is 20.7 Å². The first-order chi connectivity index (χ1) is 28.2. The highest BCUT2D eigenvalue weighted by atomic mass is 16.5. The van der Waals surface area contributed by atoms with E-state index < -0.39 is 29.7 Å². The van der Waals surface area contributed by atoms with Gasteiger partial charge in [0.2, 0.25) is 17.7 Å². The number of nitrogens with one attached hydrogen (secondary N) is 1. The summed E-state index contributed by atoms with van der Waals surface area (Å²) >= 11 is 0. The number of hydrogen-bond acceptors (Lipinski definition) is 12. The maximum Gasteiger partial charge on any atom is 0.263 e. The minimum atomic E-state index is -1.03. The number of rotatable bonds is 10. The topological polar surface area (TPSA) is 189 Å². The van der Waals surface area contributed by atoms with Gasteiger partial charge in [0.25, 0.3) is 11.8 Å². The molecule has 58 heavy (non-hydrogen) atoms. The molecule has 2 atom stereocenters. The summed E-state index contributed by atoms with van der Waals surface area (Å²) in [6.45, 7) is 4.56. The standard InChI is InChI=1S/C42H41N10O6/c43-38-36-37(26-8-11-30(12-9-26)58-29-5-2-1-3-6-29)47-52(39(36)45-25-44-38)28-16-18-48(24-28)17-4-7-35(54)50-21-19-49(20-22-50)27-10-13-31-32(23-27)42(57)51(41(31)56)33-14-15-34(53)46-40(33)55/h1-3,5-6,8-13,25,28,33H,4,7,14-22,24H2,(H2,43,44,45)(H,46,53,55). The Morgan fingerprint density at radius 3 is 2.43 bits per heavy atom. The molecule has 5 aromatic rings. The van der Waals surface area contributed by atoms with Crippen molar-refractivity contribution in [1.29, 1.82) is 0 Å². The molecule has 5 amide bonds. The SMILES string of the molecule is Nc1ncnc2c1c(-c1ccc(Oc3ccccc3)cc1)nn2C1CCN(CCCC(=O)N2CCN(c3[c]c4c(cc3)C(=O)N(C3CCC(=O)NC3=O)C4=O)CC2)C1. The number of nitrogen functional groups attached to an aromatic ring is 1. The van der Waals surface area contributed by atoms with Crippen LogP contribution in [0.4, 0.5) is 11.5 Å². The molecule has 9 rings (SSSR count). The fourth-order valence-electron chi connectivity index (χ4n) is 8.35. The minimum Gasteiger partial charge on any atom is -0.457 e. The minimum absolute atomic E-state index is 0.0571. The van der Waals surface area contributed by atoms with Gasteiger partial charge in [-0.15, -0.1) is 0 Å². The number of carbonyl (C=O) groups is 5. The van der Waals surface area contributed by atoms with E-state index in [1.54, 1.807) is 12.1 Å². The van der Waals surface area contributed by atoms with E-state index >= 15 is 0 Å². The van der Waals surface area contributed by atoms with Crippen LogP contribution in [-0.4, -0.2) is 116 Å². The maximum absolute atomic E-state index is 13.3. The van der Waals surface area contributed by atoms with Crippen LogP contribution in [0.5, 0.6) is 11.5 Å². The number of anilines is 2. The van der Waals surface area contributed by atoms with E-state index in [-0.39, 0.29) is 35.9 Å². The molecule has 295 valence electrons. The number of piperazine rings is 1. The average Bonchev–Trinajstić information content (AvgIpc) is 3.94. The van der Waals surface area contributed by atoms with Crippen LogP contribution in [0.3, 0.4) is 0 Å². The van der Waals surface area contributed by atoms with Crippen LogP contribution in [0.25, 0.3) is 22.3 Å². The zero-order chi connectivity index (χ0) is 39.9. The van der Waals surface area contributed by atoms with E-state index in [1.807, 2.05) is 69.1 Å². The van der Waals surface area contributed by atoms with E-state index in [0.29, 0.717) is 55.5 Å². The molecule has 2 aromatic heterocycles. The molecular formula is C42H41N10O6. The summed E-state index contributed by atoms with van der Waals surface area (Å²) in [5.74, 6) is -0.275. The van der Waals surface area contributed by atoms with Gasteiger partial charge in [0.1, 0.15) is 35.4 Å². The first-order valence-corrected chi connectivity index (χ1v) is 19.6. The molecule has 3 N–H and O–H groups in total. The van der Waals surface area contributed by atoms with Crippen molar-refractivity contribution >= 4 is 52.1 Å². The third-order valence-corrected chi connectivity index (χ3v) is 11.4. The first-order valence-electron chi connectivity index (χ1n) is 19.6. The number of carbonyl (C=O) groups excluding carboxylic acids is 5. The Morgan fingerprint density at radius 2 is 1.66 bits per heavy atom. The Labute approximate surface area is 333 Å². The average molecular weight is 782 g/mol. The Bertz CT molecular complexity index is 2430. The van der Waals surface area contributed by atoms with Crippen molar-refractivity contribution in [3.8, 4) is 22.8 Å². The van der Waals surface area contributed by atoms with Crippen LogP contribution in [0.15, 0.2) is 73.1 Å². The number of para-hydroxylation sites is 1. The lowest BCUT2D eigenvalue weighted by atomic mass is 10.0. The molecule has 0 aliphatic carbocycles. The fraction of sp³-hybridized carbons (Fsp3) is 0.333. The van der Waals surface area contributed by atoms with E-state index in [0.717, 1.165) is 59.8 Å². The number of amides is 5. The van der Waals surface area contributed by atoms with Gasteiger partial charge in [0.15, 0.2) is 5.65 Å². The van der Waals surface area contributed by atoms with Gasteiger partial charge in [-0.3, -0.25) is 34.2 Å². The van der Waals surface area contributed by atoms with Gasteiger partial charge in [-0.2, -0.15) is 5.10 Å². The second-order valence-corrected chi connectivity index (χ2v) is 15.0. The number of ether oxygens (including phenoxy) is 1. The first kappa shape index (κ1) is 36.9. The number of nitrogens with zero attached hydrogens (tertiary/aromatic N) is 8. The van der Waals surface area contributed by atoms with Crippen molar-refractivity contribution in [2.24, 2.45) is 0 Å². The normalized spacial score (nSPS) is 19.9. The third kappa shape index (κ3) is 6.99. The lowest BCUT2D eigenvalue weighted by molar-refractivity contribution is -0.136. The van der Waals surface area contributed by atoms with Gasteiger partial charge in [-0.1, -0.05) is 18.2 Å². The second-order valence-electron chi connectivity index (χ2n) is 15.0. The molecule has 16 heteroatoms. The zero-order valence-electron chi connectivity index (χ0n) is 31.7. The van der Waals surface area contributed by atoms with Crippen molar-refractivity contribution in [2.45, 2.75) is 44.2 Å². The van der Waals surface area contributed by atoms with Crippen molar-refractivity contribution in [3.63, 3.8) is 0 Å².